The fourth-order valence-corrected chi connectivity index (χ4v) is 2.56. The zero-order valence-corrected chi connectivity index (χ0v) is 11.9. The molecule has 2 amide bonds. The zero-order chi connectivity index (χ0) is 14.3. The maximum Gasteiger partial charge on any atom is 0.314 e. The fourth-order valence-electron chi connectivity index (χ4n) is 2.56. The van der Waals surface area contributed by atoms with E-state index in [-0.39, 0.29) is 18.5 Å². The van der Waals surface area contributed by atoms with Crippen molar-refractivity contribution in [3.63, 3.8) is 0 Å². The predicted molar refractivity (Wildman–Crippen MR) is 73.9 cm³/mol. The Kier molecular flexibility index (Phi) is 6.67. The van der Waals surface area contributed by atoms with Crippen molar-refractivity contribution in [2.45, 2.75) is 46.0 Å². The van der Waals surface area contributed by atoms with Crippen LogP contribution in [0, 0.1) is 17.8 Å². The SMILES string of the molecule is CC(C)C(CNC(=O)NCCC1CCCC1)C(=O)O. The summed E-state index contributed by atoms with van der Waals surface area (Å²) in [5, 5.41) is 14.4. The van der Waals surface area contributed by atoms with Crippen molar-refractivity contribution in [3.05, 3.63) is 0 Å². The van der Waals surface area contributed by atoms with Gasteiger partial charge in [0.1, 0.15) is 0 Å². The molecule has 0 saturated heterocycles. The van der Waals surface area contributed by atoms with Gasteiger partial charge in [-0.05, 0) is 18.3 Å². The summed E-state index contributed by atoms with van der Waals surface area (Å²) < 4.78 is 0. The van der Waals surface area contributed by atoms with Crippen LogP contribution in [0.3, 0.4) is 0 Å². The van der Waals surface area contributed by atoms with E-state index >= 15 is 0 Å². The summed E-state index contributed by atoms with van der Waals surface area (Å²) in [6.07, 6.45) is 6.20. The van der Waals surface area contributed by atoms with Crippen LogP contribution in [0.15, 0.2) is 0 Å². The third kappa shape index (κ3) is 5.94. The monoisotopic (exact) mass is 270 g/mol. The normalized spacial score (nSPS) is 17.4. The molecule has 1 aliphatic rings. The van der Waals surface area contributed by atoms with Crippen LogP contribution in [0.4, 0.5) is 4.79 Å². The summed E-state index contributed by atoms with van der Waals surface area (Å²) in [4.78, 5) is 22.5. The topological polar surface area (TPSA) is 78.4 Å². The first-order chi connectivity index (χ1) is 9.00. The Morgan fingerprint density at radius 3 is 2.37 bits per heavy atom. The van der Waals surface area contributed by atoms with Gasteiger partial charge in [0, 0.05) is 13.1 Å². The lowest BCUT2D eigenvalue weighted by atomic mass is 9.96. The van der Waals surface area contributed by atoms with Crippen LogP contribution in [-0.4, -0.2) is 30.2 Å². The summed E-state index contributed by atoms with van der Waals surface area (Å²) in [6.45, 7) is 4.55. The average Bonchev–Trinajstić information content (AvgIpc) is 2.81. The second-order valence-corrected chi connectivity index (χ2v) is 5.76. The van der Waals surface area contributed by atoms with Gasteiger partial charge in [-0.15, -0.1) is 0 Å². The lowest BCUT2D eigenvalue weighted by molar-refractivity contribution is -0.142. The number of rotatable bonds is 7. The second-order valence-electron chi connectivity index (χ2n) is 5.76. The minimum Gasteiger partial charge on any atom is -0.481 e. The van der Waals surface area contributed by atoms with Gasteiger partial charge in [-0.3, -0.25) is 4.79 Å². The third-order valence-corrected chi connectivity index (χ3v) is 3.92. The van der Waals surface area contributed by atoms with E-state index in [0.29, 0.717) is 6.54 Å². The van der Waals surface area contributed by atoms with E-state index in [9.17, 15) is 9.59 Å². The maximum absolute atomic E-state index is 11.6. The van der Waals surface area contributed by atoms with Crippen LogP contribution in [0.25, 0.3) is 0 Å². The van der Waals surface area contributed by atoms with Gasteiger partial charge in [0.05, 0.1) is 5.92 Å². The van der Waals surface area contributed by atoms with Gasteiger partial charge >= 0.3 is 12.0 Å². The Morgan fingerprint density at radius 1 is 1.21 bits per heavy atom. The molecule has 1 aliphatic carbocycles. The van der Waals surface area contributed by atoms with Crippen LogP contribution in [0.2, 0.25) is 0 Å². The van der Waals surface area contributed by atoms with Crippen LogP contribution in [0.1, 0.15) is 46.0 Å². The highest BCUT2D eigenvalue weighted by atomic mass is 16.4. The molecule has 1 atom stereocenters. The highest BCUT2D eigenvalue weighted by Crippen LogP contribution is 2.26. The van der Waals surface area contributed by atoms with E-state index in [1.807, 2.05) is 13.8 Å². The molecule has 0 radical (unpaired) electrons. The van der Waals surface area contributed by atoms with Crippen molar-refractivity contribution in [1.29, 1.82) is 0 Å². The highest BCUT2D eigenvalue weighted by molar-refractivity contribution is 5.75. The van der Waals surface area contributed by atoms with Crippen molar-refractivity contribution in [1.82, 2.24) is 10.6 Å². The quantitative estimate of drug-likeness (QED) is 0.663. The van der Waals surface area contributed by atoms with E-state index in [4.69, 9.17) is 5.11 Å². The number of carbonyl (C=O) groups is 2. The van der Waals surface area contributed by atoms with Gasteiger partial charge in [0.2, 0.25) is 0 Å². The molecular formula is C14H26N2O3. The molecule has 1 rings (SSSR count). The lowest BCUT2D eigenvalue weighted by Crippen LogP contribution is -2.41. The van der Waals surface area contributed by atoms with E-state index in [1.54, 1.807) is 0 Å². The van der Waals surface area contributed by atoms with Crippen molar-refractivity contribution >= 4 is 12.0 Å². The molecule has 0 aromatic heterocycles. The minimum absolute atomic E-state index is 0.0105. The first-order valence-corrected chi connectivity index (χ1v) is 7.25. The molecule has 110 valence electrons. The van der Waals surface area contributed by atoms with Crippen molar-refractivity contribution in [3.8, 4) is 0 Å². The summed E-state index contributed by atoms with van der Waals surface area (Å²) >= 11 is 0. The van der Waals surface area contributed by atoms with Gasteiger partial charge in [-0.1, -0.05) is 39.5 Å². The van der Waals surface area contributed by atoms with Crippen LogP contribution < -0.4 is 10.6 Å². The van der Waals surface area contributed by atoms with E-state index < -0.39 is 11.9 Å². The molecular weight excluding hydrogens is 244 g/mol. The molecule has 1 unspecified atom stereocenters. The molecule has 0 spiro atoms. The molecule has 1 fully saturated rings. The molecule has 3 N–H and O–H groups in total. The number of hydrogen-bond donors (Lipinski definition) is 3. The molecule has 5 heteroatoms. The number of hydrogen-bond acceptors (Lipinski definition) is 2. The van der Waals surface area contributed by atoms with Gasteiger partial charge < -0.3 is 15.7 Å². The van der Waals surface area contributed by atoms with Gasteiger partial charge in [0.25, 0.3) is 0 Å². The molecule has 0 aromatic carbocycles. The number of carbonyl (C=O) groups excluding carboxylic acids is 1. The standard InChI is InChI=1S/C14H26N2O3/c1-10(2)12(13(17)18)9-16-14(19)15-8-7-11-5-3-4-6-11/h10-12H,3-9H2,1-2H3,(H,17,18)(H2,15,16,19). The summed E-state index contributed by atoms with van der Waals surface area (Å²) in [5.41, 5.74) is 0. The molecule has 19 heavy (non-hydrogen) atoms. The van der Waals surface area contributed by atoms with E-state index in [1.165, 1.54) is 25.7 Å². The smallest absolute Gasteiger partial charge is 0.314 e. The van der Waals surface area contributed by atoms with Gasteiger partial charge in [-0.25, -0.2) is 4.79 Å². The molecule has 0 bridgehead atoms. The number of nitrogens with one attached hydrogen (secondary N) is 2. The Labute approximate surface area is 115 Å². The third-order valence-electron chi connectivity index (χ3n) is 3.92. The largest absolute Gasteiger partial charge is 0.481 e. The molecule has 0 aromatic rings. The zero-order valence-electron chi connectivity index (χ0n) is 11.9. The Bertz CT molecular complexity index is 299. The Morgan fingerprint density at radius 2 is 1.84 bits per heavy atom. The van der Waals surface area contributed by atoms with Crippen molar-refractivity contribution in [2.75, 3.05) is 13.1 Å². The van der Waals surface area contributed by atoms with Gasteiger partial charge in [0.15, 0.2) is 0 Å². The maximum atomic E-state index is 11.6. The molecule has 0 aliphatic heterocycles. The number of carboxylic acid groups (broad SMARTS) is 1. The lowest BCUT2D eigenvalue weighted by Gasteiger charge is -2.17. The van der Waals surface area contributed by atoms with Crippen LogP contribution >= 0.6 is 0 Å². The average molecular weight is 270 g/mol. The summed E-state index contributed by atoms with van der Waals surface area (Å²) in [5.74, 6) is -0.624. The van der Waals surface area contributed by atoms with Gasteiger partial charge in [-0.2, -0.15) is 0 Å². The number of amides is 2. The van der Waals surface area contributed by atoms with Crippen molar-refractivity contribution < 1.29 is 14.7 Å². The Hall–Kier alpha value is -1.26. The second kappa shape index (κ2) is 8.02. The minimum atomic E-state index is -0.860. The summed E-state index contributed by atoms with van der Waals surface area (Å²) in [6, 6.07) is -0.259. The first kappa shape index (κ1) is 15.8. The number of carboxylic acids is 1. The number of aliphatic carboxylic acids is 1. The van der Waals surface area contributed by atoms with Crippen molar-refractivity contribution in [2.24, 2.45) is 17.8 Å². The van der Waals surface area contributed by atoms with Crippen LogP contribution in [0.5, 0.6) is 0 Å². The molecule has 5 nitrogen and oxygen atoms in total. The molecule has 0 heterocycles. The van der Waals surface area contributed by atoms with Crippen LogP contribution in [-0.2, 0) is 4.79 Å². The first-order valence-electron chi connectivity index (χ1n) is 7.25. The van der Waals surface area contributed by atoms with E-state index in [2.05, 4.69) is 10.6 Å². The van der Waals surface area contributed by atoms with E-state index in [0.717, 1.165) is 12.3 Å². The predicted octanol–water partition coefficient (Wildman–Crippen LogP) is 2.22. The summed E-state index contributed by atoms with van der Waals surface area (Å²) in [7, 11) is 0. The molecule has 1 saturated carbocycles. The number of urea groups is 1. The Balaban J connectivity index is 2.14. The highest BCUT2D eigenvalue weighted by Gasteiger charge is 2.22. The fraction of sp³-hybridized carbons (Fsp3) is 0.857.